The molecule has 0 saturated carbocycles. The molecule has 2 nitrogen and oxygen atoms in total. The van der Waals surface area contributed by atoms with Crippen LogP contribution in [0.15, 0.2) is 48.5 Å². The quantitative estimate of drug-likeness (QED) is 0.596. The summed E-state index contributed by atoms with van der Waals surface area (Å²) in [4.78, 5) is 11.5. The Morgan fingerprint density at radius 3 is 2.43 bits per heavy atom. The van der Waals surface area contributed by atoms with E-state index in [0.29, 0.717) is 17.9 Å². The zero-order valence-electron chi connectivity index (χ0n) is 11.3. The molecule has 0 spiro atoms. The van der Waals surface area contributed by atoms with E-state index in [1.807, 2.05) is 30.3 Å². The highest BCUT2D eigenvalue weighted by Crippen LogP contribution is 2.28. The van der Waals surface area contributed by atoms with E-state index in [0.717, 1.165) is 5.56 Å². The Bertz CT molecular complexity index is 636. The van der Waals surface area contributed by atoms with Crippen molar-refractivity contribution in [1.29, 1.82) is 0 Å². The van der Waals surface area contributed by atoms with Crippen LogP contribution in [-0.2, 0) is 6.61 Å². The first kappa shape index (κ1) is 15.4. The fourth-order valence-electron chi connectivity index (χ4n) is 1.87. The van der Waals surface area contributed by atoms with Gasteiger partial charge in [-0.05, 0) is 47.9 Å². The maximum Gasteiger partial charge on any atom is 0.384 e. The fourth-order valence-corrected chi connectivity index (χ4v) is 1.98. The highest BCUT2D eigenvalue weighted by Gasteiger charge is 2.37. The zero-order chi connectivity index (χ0) is 15.5. The average molecular weight is 311 g/mol. The second-order valence-corrected chi connectivity index (χ2v) is 5.05. The molecule has 5 heteroatoms. The standard InChI is InChI=1S/C16H13ClF2O2/c1-11-9-13(21-10-12-5-3-2-4-6-12)7-8-14(11)15(20)16(17,18)19/h2-9H,10H2,1H3. The fraction of sp³-hybridized carbons (Fsp3) is 0.188. The van der Waals surface area contributed by atoms with Gasteiger partial charge in [0.25, 0.3) is 0 Å². The van der Waals surface area contributed by atoms with Gasteiger partial charge in [-0.1, -0.05) is 30.3 Å². The number of Topliss-reactive ketones (excluding diaryl/α,β-unsaturated/α-hetero) is 1. The lowest BCUT2D eigenvalue weighted by Gasteiger charge is -2.11. The molecule has 0 bridgehead atoms. The van der Waals surface area contributed by atoms with E-state index in [1.54, 1.807) is 13.0 Å². The summed E-state index contributed by atoms with van der Waals surface area (Å²) in [6.07, 6.45) is 0. The van der Waals surface area contributed by atoms with Gasteiger partial charge in [-0.25, -0.2) is 0 Å². The van der Waals surface area contributed by atoms with Crippen LogP contribution in [-0.4, -0.2) is 11.2 Å². The van der Waals surface area contributed by atoms with Crippen LogP contribution in [0.3, 0.4) is 0 Å². The van der Waals surface area contributed by atoms with Crippen molar-refractivity contribution in [1.82, 2.24) is 0 Å². The molecule has 0 unspecified atom stereocenters. The zero-order valence-corrected chi connectivity index (χ0v) is 12.0. The second-order valence-electron chi connectivity index (χ2n) is 4.58. The molecule has 0 aliphatic heterocycles. The Labute approximate surface area is 126 Å². The van der Waals surface area contributed by atoms with E-state index in [2.05, 4.69) is 0 Å². The van der Waals surface area contributed by atoms with Crippen LogP contribution in [0.25, 0.3) is 0 Å². The second kappa shape index (κ2) is 6.22. The summed E-state index contributed by atoms with van der Waals surface area (Å²) < 4.78 is 31.2. The molecule has 2 aromatic carbocycles. The molecule has 0 aromatic heterocycles. The molecule has 0 saturated heterocycles. The summed E-state index contributed by atoms with van der Waals surface area (Å²) in [5.74, 6) is -0.901. The predicted molar refractivity (Wildman–Crippen MR) is 77.1 cm³/mol. The lowest BCUT2D eigenvalue weighted by atomic mass is 10.0. The van der Waals surface area contributed by atoms with Gasteiger partial charge in [0.05, 0.1) is 0 Å². The van der Waals surface area contributed by atoms with Crippen LogP contribution in [0.2, 0.25) is 0 Å². The summed E-state index contributed by atoms with van der Waals surface area (Å²) >= 11 is 4.76. The van der Waals surface area contributed by atoms with Gasteiger partial charge in [-0.3, -0.25) is 4.79 Å². The summed E-state index contributed by atoms with van der Waals surface area (Å²) in [7, 11) is 0. The molecule has 2 aromatic rings. The van der Waals surface area contributed by atoms with Crippen LogP contribution in [0.4, 0.5) is 8.78 Å². The van der Waals surface area contributed by atoms with Gasteiger partial charge < -0.3 is 4.74 Å². The van der Waals surface area contributed by atoms with Crippen molar-refractivity contribution in [2.24, 2.45) is 0 Å². The molecule has 0 aliphatic carbocycles. The lowest BCUT2D eigenvalue weighted by Crippen LogP contribution is -2.22. The van der Waals surface area contributed by atoms with Crippen LogP contribution < -0.4 is 4.74 Å². The first-order valence-electron chi connectivity index (χ1n) is 6.27. The summed E-state index contributed by atoms with van der Waals surface area (Å²) in [6, 6.07) is 13.8. The molecule has 110 valence electrons. The monoisotopic (exact) mass is 310 g/mol. The van der Waals surface area contributed by atoms with E-state index in [-0.39, 0.29) is 5.56 Å². The number of aryl methyl sites for hydroxylation is 1. The van der Waals surface area contributed by atoms with Crippen LogP contribution in [0.5, 0.6) is 5.75 Å². The molecular formula is C16H13ClF2O2. The van der Waals surface area contributed by atoms with Gasteiger partial charge in [0.15, 0.2) is 0 Å². The number of ketones is 1. The third kappa shape index (κ3) is 4.02. The molecule has 0 heterocycles. The normalized spacial score (nSPS) is 11.2. The molecule has 0 aliphatic rings. The summed E-state index contributed by atoms with van der Waals surface area (Å²) in [5.41, 5.74) is 1.27. The molecule has 2 rings (SSSR count). The first-order valence-corrected chi connectivity index (χ1v) is 6.64. The highest BCUT2D eigenvalue weighted by molar-refractivity contribution is 6.35. The maximum atomic E-state index is 12.8. The number of hydrogen-bond donors (Lipinski definition) is 0. The topological polar surface area (TPSA) is 26.3 Å². The van der Waals surface area contributed by atoms with Crippen molar-refractivity contribution in [3.05, 3.63) is 65.2 Å². The van der Waals surface area contributed by atoms with Gasteiger partial charge in [0.1, 0.15) is 12.4 Å². The van der Waals surface area contributed by atoms with E-state index in [1.165, 1.54) is 12.1 Å². The third-order valence-electron chi connectivity index (χ3n) is 2.95. The molecule has 0 fully saturated rings. The smallest absolute Gasteiger partial charge is 0.384 e. The number of ether oxygens (including phenoxy) is 1. The minimum Gasteiger partial charge on any atom is -0.489 e. The van der Waals surface area contributed by atoms with E-state index >= 15 is 0 Å². The highest BCUT2D eigenvalue weighted by atomic mass is 35.5. The number of benzene rings is 2. The van der Waals surface area contributed by atoms with Crippen molar-refractivity contribution < 1.29 is 18.3 Å². The van der Waals surface area contributed by atoms with Crippen molar-refractivity contribution >= 4 is 17.4 Å². The average Bonchev–Trinajstić information content (AvgIpc) is 2.45. The number of carbonyl (C=O) groups is 1. The Kier molecular flexibility index (Phi) is 4.58. The van der Waals surface area contributed by atoms with Crippen molar-refractivity contribution in [3.8, 4) is 5.75 Å². The van der Waals surface area contributed by atoms with Crippen LogP contribution in [0, 0.1) is 6.92 Å². The maximum absolute atomic E-state index is 12.8. The first-order chi connectivity index (χ1) is 9.88. The number of rotatable bonds is 5. The minimum atomic E-state index is -3.89. The van der Waals surface area contributed by atoms with Crippen molar-refractivity contribution in [3.63, 3.8) is 0 Å². The molecule has 21 heavy (non-hydrogen) atoms. The van der Waals surface area contributed by atoms with Gasteiger partial charge in [-0.2, -0.15) is 8.78 Å². The van der Waals surface area contributed by atoms with Gasteiger partial charge in [-0.15, -0.1) is 0 Å². The molecule has 0 radical (unpaired) electrons. The number of alkyl halides is 3. The van der Waals surface area contributed by atoms with E-state index < -0.39 is 11.2 Å². The van der Waals surface area contributed by atoms with Crippen LogP contribution in [0.1, 0.15) is 21.5 Å². The van der Waals surface area contributed by atoms with Gasteiger partial charge in [0.2, 0.25) is 5.78 Å². The minimum absolute atomic E-state index is 0.109. The summed E-state index contributed by atoms with van der Waals surface area (Å²) in [6.45, 7) is 1.92. The van der Waals surface area contributed by atoms with E-state index in [9.17, 15) is 13.6 Å². The van der Waals surface area contributed by atoms with E-state index in [4.69, 9.17) is 16.3 Å². The lowest BCUT2D eigenvalue weighted by molar-refractivity contribution is 0.0535. The van der Waals surface area contributed by atoms with Crippen molar-refractivity contribution in [2.45, 2.75) is 18.9 Å². The van der Waals surface area contributed by atoms with Gasteiger partial charge in [0, 0.05) is 5.56 Å². The van der Waals surface area contributed by atoms with Crippen LogP contribution >= 0.6 is 11.6 Å². The Hall–Kier alpha value is -1.94. The molecule has 0 amide bonds. The molecular weight excluding hydrogens is 298 g/mol. The van der Waals surface area contributed by atoms with Gasteiger partial charge >= 0.3 is 5.38 Å². The molecule has 0 atom stereocenters. The Morgan fingerprint density at radius 2 is 1.86 bits per heavy atom. The Morgan fingerprint density at radius 1 is 1.19 bits per heavy atom. The Balaban J connectivity index is 2.11. The SMILES string of the molecule is Cc1cc(OCc2ccccc2)ccc1C(=O)C(F)(F)Cl. The number of carbonyl (C=O) groups excluding carboxylic acids is 1. The summed E-state index contributed by atoms with van der Waals surface area (Å²) in [5, 5.41) is -3.89. The molecule has 0 N–H and O–H groups in total. The predicted octanol–water partition coefficient (Wildman–Crippen LogP) is 4.59. The van der Waals surface area contributed by atoms with Crippen molar-refractivity contribution in [2.75, 3.05) is 0 Å². The number of halogens is 3. The number of hydrogen-bond acceptors (Lipinski definition) is 2. The third-order valence-corrected chi connectivity index (χ3v) is 3.12. The largest absolute Gasteiger partial charge is 0.489 e.